The second kappa shape index (κ2) is 4.66. The standard InChI is InChI=1S/C18H16N2/c1-2-4-14(5-3-1)15-6-8-18(9-7-15)20-12-16-10-19-11-17(16)13-20/h1-9,12-13,19H,10-11H2. The minimum atomic E-state index is 0.991. The third kappa shape index (κ3) is 1.95. The van der Waals surface area contributed by atoms with Gasteiger partial charge in [-0.2, -0.15) is 0 Å². The summed E-state index contributed by atoms with van der Waals surface area (Å²) in [6, 6.07) is 19.2. The number of fused-ring (bicyclic) bond motifs is 1. The zero-order chi connectivity index (χ0) is 13.4. The third-order valence-electron chi connectivity index (χ3n) is 3.91. The van der Waals surface area contributed by atoms with E-state index in [9.17, 15) is 0 Å². The van der Waals surface area contributed by atoms with E-state index in [-0.39, 0.29) is 0 Å². The summed E-state index contributed by atoms with van der Waals surface area (Å²) >= 11 is 0. The van der Waals surface area contributed by atoms with E-state index in [1.165, 1.54) is 27.9 Å². The van der Waals surface area contributed by atoms with Crippen molar-refractivity contribution in [3.05, 3.63) is 78.1 Å². The van der Waals surface area contributed by atoms with Crippen molar-refractivity contribution in [1.29, 1.82) is 0 Å². The predicted molar refractivity (Wildman–Crippen MR) is 81.7 cm³/mol. The van der Waals surface area contributed by atoms with Crippen LogP contribution in [0.1, 0.15) is 11.1 Å². The van der Waals surface area contributed by atoms with Crippen LogP contribution in [0.5, 0.6) is 0 Å². The van der Waals surface area contributed by atoms with Crippen molar-refractivity contribution in [2.45, 2.75) is 13.1 Å². The van der Waals surface area contributed by atoms with Crippen LogP contribution in [0.3, 0.4) is 0 Å². The normalized spacial score (nSPS) is 13.4. The Bertz CT molecular complexity index is 702. The Balaban J connectivity index is 1.67. The van der Waals surface area contributed by atoms with Gasteiger partial charge in [0.1, 0.15) is 0 Å². The average Bonchev–Trinajstić information content (AvgIpc) is 3.10. The molecule has 0 spiro atoms. The SMILES string of the molecule is c1ccc(-c2ccc(-n3cc4c(c3)CNC4)cc2)cc1. The molecule has 1 aromatic heterocycles. The number of hydrogen-bond acceptors (Lipinski definition) is 1. The van der Waals surface area contributed by atoms with Gasteiger partial charge in [-0.05, 0) is 34.4 Å². The molecule has 4 rings (SSSR count). The molecule has 1 aliphatic heterocycles. The summed E-state index contributed by atoms with van der Waals surface area (Å²) in [6.07, 6.45) is 4.46. The van der Waals surface area contributed by atoms with E-state index < -0.39 is 0 Å². The largest absolute Gasteiger partial charge is 0.323 e. The van der Waals surface area contributed by atoms with Crippen molar-refractivity contribution in [3.63, 3.8) is 0 Å². The minimum Gasteiger partial charge on any atom is -0.323 e. The van der Waals surface area contributed by atoms with Gasteiger partial charge in [0.25, 0.3) is 0 Å². The molecule has 0 aliphatic carbocycles. The van der Waals surface area contributed by atoms with Crippen LogP contribution < -0.4 is 5.32 Å². The summed E-state index contributed by atoms with van der Waals surface area (Å²) in [5.41, 5.74) is 6.57. The highest BCUT2D eigenvalue weighted by atomic mass is 15.0. The van der Waals surface area contributed by atoms with Gasteiger partial charge >= 0.3 is 0 Å². The van der Waals surface area contributed by atoms with Crippen LogP contribution in [0.4, 0.5) is 0 Å². The molecule has 0 fully saturated rings. The van der Waals surface area contributed by atoms with Crippen LogP contribution in [0.15, 0.2) is 67.0 Å². The van der Waals surface area contributed by atoms with Gasteiger partial charge in [0.15, 0.2) is 0 Å². The molecule has 2 aromatic carbocycles. The Kier molecular flexibility index (Phi) is 2.68. The Morgan fingerprint density at radius 1 is 0.700 bits per heavy atom. The highest BCUT2D eigenvalue weighted by Gasteiger charge is 2.12. The maximum Gasteiger partial charge on any atom is 0.0450 e. The number of rotatable bonds is 2. The van der Waals surface area contributed by atoms with Crippen molar-refractivity contribution in [1.82, 2.24) is 9.88 Å². The highest BCUT2D eigenvalue weighted by molar-refractivity contribution is 5.64. The van der Waals surface area contributed by atoms with Crippen LogP contribution in [0.2, 0.25) is 0 Å². The van der Waals surface area contributed by atoms with Crippen LogP contribution in [0.25, 0.3) is 16.8 Å². The Labute approximate surface area is 118 Å². The van der Waals surface area contributed by atoms with Crippen LogP contribution in [-0.2, 0) is 13.1 Å². The second-order valence-corrected chi connectivity index (χ2v) is 5.23. The molecule has 0 saturated carbocycles. The molecule has 2 heteroatoms. The van der Waals surface area contributed by atoms with Gasteiger partial charge in [-0.25, -0.2) is 0 Å². The first kappa shape index (κ1) is 11.5. The fourth-order valence-corrected chi connectivity index (χ4v) is 2.79. The second-order valence-electron chi connectivity index (χ2n) is 5.23. The van der Waals surface area contributed by atoms with Gasteiger partial charge in [0.05, 0.1) is 0 Å². The molecule has 0 bridgehead atoms. The molecule has 0 unspecified atom stereocenters. The Morgan fingerprint density at radius 2 is 1.30 bits per heavy atom. The van der Waals surface area contributed by atoms with E-state index in [1.807, 2.05) is 6.07 Å². The zero-order valence-electron chi connectivity index (χ0n) is 11.2. The molecule has 0 radical (unpaired) electrons. The van der Waals surface area contributed by atoms with Crippen LogP contribution in [-0.4, -0.2) is 4.57 Å². The number of aromatic nitrogens is 1. The predicted octanol–water partition coefficient (Wildman–Crippen LogP) is 3.75. The molecule has 0 atom stereocenters. The number of benzene rings is 2. The van der Waals surface area contributed by atoms with Crippen molar-refractivity contribution < 1.29 is 0 Å². The quantitative estimate of drug-likeness (QED) is 0.742. The molecular formula is C18H16N2. The van der Waals surface area contributed by atoms with Crippen molar-refractivity contribution in [2.75, 3.05) is 0 Å². The zero-order valence-corrected chi connectivity index (χ0v) is 11.2. The van der Waals surface area contributed by atoms with Crippen molar-refractivity contribution in [3.8, 4) is 16.8 Å². The topological polar surface area (TPSA) is 17.0 Å². The minimum absolute atomic E-state index is 0.991. The van der Waals surface area contributed by atoms with Crippen LogP contribution in [0, 0.1) is 0 Å². The smallest absolute Gasteiger partial charge is 0.0450 e. The molecule has 1 aliphatic rings. The Hall–Kier alpha value is -2.32. The van der Waals surface area contributed by atoms with Gasteiger partial charge in [-0.15, -0.1) is 0 Å². The maximum absolute atomic E-state index is 3.36. The summed E-state index contributed by atoms with van der Waals surface area (Å²) in [5.74, 6) is 0. The molecule has 0 saturated heterocycles. The van der Waals surface area contributed by atoms with Crippen LogP contribution >= 0.6 is 0 Å². The molecule has 0 amide bonds. The summed E-state index contributed by atoms with van der Waals surface area (Å²) in [7, 11) is 0. The summed E-state index contributed by atoms with van der Waals surface area (Å²) in [4.78, 5) is 0. The van der Waals surface area contributed by atoms with E-state index in [0.29, 0.717) is 0 Å². The van der Waals surface area contributed by atoms with Crippen molar-refractivity contribution >= 4 is 0 Å². The molecular weight excluding hydrogens is 244 g/mol. The lowest BCUT2D eigenvalue weighted by atomic mass is 10.1. The van der Waals surface area contributed by atoms with Gasteiger partial charge in [0, 0.05) is 31.2 Å². The molecule has 98 valence electrons. The number of hydrogen-bond donors (Lipinski definition) is 1. The fraction of sp³-hybridized carbons (Fsp3) is 0.111. The molecule has 2 nitrogen and oxygen atoms in total. The third-order valence-corrected chi connectivity index (χ3v) is 3.91. The van der Waals surface area contributed by atoms with Gasteiger partial charge in [-0.3, -0.25) is 0 Å². The van der Waals surface area contributed by atoms with Gasteiger partial charge < -0.3 is 9.88 Å². The Morgan fingerprint density at radius 3 is 1.95 bits per heavy atom. The highest BCUT2D eigenvalue weighted by Crippen LogP contribution is 2.23. The van der Waals surface area contributed by atoms with E-state index in [4.69, 9.17) is 0 Å². The van der Waals surface area contributed by atoms with Gasteiger partial charge in [0.2, 0.25) is 0 Å². The average molecular weight is 260 g/mol. The molecule has 3 aromatic rings. The summed E-state index contributed by atoms with van der Waals surface area (Å²) < 4.78 is 2.22. The molecule has 1 N–H and O–H groups in total. The lowest BCUT2D eigenvalue weighted by molar-refractivity contribution is 0.754. The molecule has 2 heterocycles. The van der Waals surface area contributed by atoms with E-state index in [2.05, 4.69) is 70.8 Å². The van der Waals surface area contributed by atoms with Gasteiger partial charge in [-0.1, -0.05) is 42.5 Å². The lowest BCUT2D eigenvalue weighted by Gasteiger charge is -2.06. The van der Waals surface area contributed by atoms with E-state index >= 15 is 0 Å². The first-order chi connectivity index (χ1) is 9.90. The first-order valence-corrected chi connectivity index (χ1v) is 6.96. The maximum atomic E-state index is 3.36. The summed E-state index contributed by atoms with van der Waals surface area (Å²) in [5, 5.41) is 3.36. The first-order valence-electron chi connectivity index (χ1n) is 6.96. The van der Waals surface area contributed by atoms with E-state index in [0.717, 1.165) is 13.1 Å². The summed E-state index contributed by atoms with van der Waals surface area (Å²) in [6.45, 7) is 1.98. The molecule has 20 heavy (non-hydrogen) atoms. The number of nitrogens with zero attached hydrogens (tertiary/aromatic N) is 1. The van der Waals surface area contributed by atoms with E-state index in [1.54, 1.807) is 0 Å². The monoisotopic (exact) mass is 260 g/mol. The lowest BCUT2D eigenvalue weighted by Crippen LogP contribution is -2.02. The fourth-order valence-electron chi connectivity index (χ4n) is 2.79. The number of nitrogens with one attached hydrogen (secondary N) is 1. The van der Waals surface area contributed by atoms with Crippen molar-refractivity contribution in [2.24, 2.45) is 0 Å².